The molecule has 0 unspecified atom stereocenters. The van der Waals surface area contributed by atoms with Crippen LogP contribution in [-0.4, -0.2) is 36.8 Å². The Morgan fingerprint density at radius 1 is 1.20 bits per heavy atom. The van der Waals surface area contributed by atoms with Crippen LogP contribution in [0.3, 0.4) is 0 Å². The van der Waals surface area contributed by atoms with E-state index in [0.29, 0.717) is 5.69 Å². The fourth-order valence-corrected chi connectivity index (χ4v) is 3.09. The van der Waals surface area contributed by atoms with Crippen molar-refractivity contribution in [3.8, 4) is 0 Å². The Bertz CT molecular complexity index is 674. The van der Waals surface area contributed by atoms with Crippen molar-refractivity contribution in [3.63, 3.8) is 0 Å². The van der Waals surface area contributed by atoms with Gasteiger partial charge in [0, 0.05) is 45.4 Å². The number of anilines is 1. The predicted molar refractivity (Wildman–Crippen MR) is 76.7 cm³/mol. The summed E-state index contributed by atoms with van der Waals surface area (Å²) in [6.45, 7) is 0.258. The number of aromatic nitrogens is 2. The van der Waals surface area contributed by atoms with E-state index in [0.717, 1.165) is 5.56 Å². The van der Waals surface area contributed by atoms with Crippen LogP contribution < -0.4 is 5.32 Å². The maximum Gasteiger partial charge on any atom is 0.246 e. The van der Waals surface area contributed by atoms with Crippen molar-refractivity contribution >= 4 is 15.7 Å². The summed E-state index contributed by atoms with van der Waals surface area (Å²) in [5, 5.41) is 2.86. The summed E-state index contributed by atoms with van der Waals surface area (Å²) < 4.78 is 26.4. The molecule has 0 bridgehead atoms. The third kappa shape index (κ3) is 2.94. The number of sulfonamides is 1. The van der Waals surface area contributed by atoms with E-state index < -0.39 is 10.0 Å². The van der Waals surface area contributed by atoms with E-state index in [2.05, 4.69) is 15.3 Å². The zero-order chi connectivity index (χ0) is 14.6. The molecule has 1 N–H and O–H groups in total. The summed E-state index contributed by atoms with van der Waals surface area (Å²) in [4.78, 5) is 8.03. The van der Waals surface area contributed by atoms with Crippen LogP contribution in [0.15, 0.2) is 47.9 Å². The number of pyridine rings is 2. The Kier molecular flexibility index (Phi) is 4.31. The van der Waals surface area contributed by atoms with E-state index in [-0.39, 0.29) is 11.4 Å². The van der Waals surface area contributed by atoms with Crippen LogP contribution in [0.2, 0.25) is 0 Å². The number of nitrogens with zero attached hydrogens (tertiary/aromatic N) is 3. The molecular formula is C13H16N4O2S. The second kappa shape index (κ2) is 5.98. The first kappa shape index (κ1) is 14.4. The molecule has 20 heavy (non-hydrogen) atoms. The van der Waals surface area contributed by atoms with Crippen LogP contribution in [0, 0.1) is 0 Å². The summed E-state index contributed by atoms with van der Waals surface area (Å²) in [6.07, 6.45) is 6.19. The smallest absolute Gasteiger partial charge is 0.246 e. The Balaban J connectivity index is 2.30. The van der Waals surface area contributed by atoms with Gasteiger partial charge in [0.25, 0.3) is 0 Å². The van der Waals surface area contributed by atoms with Gasteiger partial charge in [0.2, 0.25) is 10.0 Å². The molecule has 106 valence electrons. The minimum atomic E-state index is -3.60. The monoisotopic (exact) mass is 292 g/mol. The minimum Gasteiger partial charge on any atom is -0.387 e. The fourth-order valence-electron chi connectivity index (χ4n) is 1.79. The second-order valence-electron chi connectivity index (χ2n) is 4.24. The summed E-state index contributed by atoms with van der Waals surface area (Å²) in [6, 6.07) is 5.24. The summed E-state index contributed by atoms with van der Waals surface area (Å²) in [5.41, 5.74) is 1.35. The van der Waals surface area contributed by atoms with Crippen LogP contribution in [-0.2, 0) is 16.6 Å². The van der Waals surface area contributed by atoms with Crippen molar-refractivity contribution in [2.24, 2.45) is 0 Å². The first-order valence-corrected chi connectivity index (χ1v) is 7.46. The van der Waals surface area contributed by atoms with Crippen LogP contribution in [0.25, 0.3) is 0 Å². The van der Waals surface area contributed by atoms with Gasteiger partial charge in [0.1, 0.15) is 4.90 Å². The molecule has 0 aliphatic carbocycles. The van der Waals surface area contributed by atoms with Crippen LogP contribution in [0.5, 0.6) is 0 Å². The van der Waals surface area contributed by atoms with Gasteiger partial charge >= 0.3 is 0 Å². The third-order valence-corrected chi connectivity index (χ3v) is 4.70. The summed E-state index contributed by atoms with van der Waals surface area (Å²) in [5.74, 6) is 0. The van der Waals surface area contributed by atoms with E-state index in [1.165, 1.54) is 17.5 Å². The zero-order valence-electron chi connectivity index (χ0n) is 11.3. The summed E-state index contributed by atoms with van der Waals surface area (Å²) in [7, 11) is -0.387. The van der Waals surface area contributed by atoms with E-state index >= 15 is 0 Å². The van der Waals surface area contributed by atoms with Crippen LogP contribution >= 0.6 is 0 Å². The van der Waals surface area contributed by atoms with E-state index in [9.17, 15) is 8.42 Å². The van der Waals surface area contributed by atoms with Gasteiger partial charge in [-0.1, -0.05) is 6.07 Å². The molecule has 0 amide bonds. The van der Waals surface area contributed by atoms with E-state index in [4.69, 9.17) is 0 Å². The molecule has 2 aromatic rings. The Morgan fingerprint density at radius 2 is 1.95 bits per heavy atom. The quantitative estimate of drug-likeness (QED) is 0.900. The third-order valence-electron chi connectivity index (χ3n) is 2.87. The fraction of sp³-hybridized carbons (Fsp3) is 0.231. The highest BCUT2D eigenvalue weighted by atomic mass is 32.2. The molecule has 0 radical (unpaired) electrons. The lowest BCUT2D eigenvalue weighted by atomic mass is 10.3. The highest BCUT2D eigenvalue weighted by Gasteiger charge is 2.24. The Hall–Kier alpha value is -1.99. The molecule has 6 nitrogen and oxygen atoms in total. The molecule has 2 heterocycles. The molecule has 2 rings (SSSR count). The molecule has 0 aromatic carbocycles. The lowest BCUT2D eigenvalue weighted by Gasteiger charge is -2.18. The average Bonchev–Trinajstić information content (AvgIpc) is 2.48. The van der Waals surface area contributed by atoms with Crippen LogP contribution in [0.4, 0.5) is 5.69 Å². The second-order valence-corrected chi connectivity index (χ2v) is 6.26. The van der Waals surface area contributed by atoms with Gasteiger partial charge in [0.05, 0.1) is 5.69 Å². The highest BCUT2D eigenvalue weighted by molar-refractivity contribution is 7.89. The molecular weight excluding hydrogens is 276 g/mol. The van der Waals surface area contributed by atoms with Crippen molar-refractivity contribution in [2.45, 2.75) is 11.4 Å². The molecule has 0 aliphatic heterocycles. The SMILES string of the molecule is CNc1ccncc1S(=O)(=O)N(C)Cc1cccnc1. The average molecular weight is 292 g/mol. The molecule has 0 fully saturated rings. The maximum atomic E-state index is 12.5. The largest absolute Gasteiger partial charge is 0.387 e. The lowest BCUT2D eigenvalue weighted by Crippen LogP contribution is -2.27. The molecule has 2 aromatic heterocycles. The van der Waals surface area contributed by atoms with Crippen molar-refractivity contribution in [3.05, 3.63) is 48.5 Å². The van der Waals surface area contributed by atoms with Gasteiger partial charge < -0.3 is 5.32 Å². The van der Waals surface area contributed by atoms with Crippen LogP contribution in [0.1, 0.15) is 5.56 Å². The van der Waals surface area contributed by atoms with Gasteiger partial charge in [-0.3, -0.25) is 9.97 Å². The minimum absolute atomic E-state index is 0.161. The standard InChI is InChI=1S/C13H16N4O2S/c1-14-12-5-7-16-9-13(12)20(18,19)17(2)10-11-4-3-6-15-8-11/h3-9H,10H2,1-2H3,(H,14,16). The van der Waals surface area contributed by atoms with Crippen molar-refractivity contribution in [2.75, 3.05) is 19.4 Å². The summed E-state index contributed by atoms with van der Waals surface area (Å²) >= 11 is 0. The first-order valence-electron chi connectivity index (χ1n) is 6.02. The van der Waals surface area contributed by atoms with E-state index in [1.807, 2.05) is 6.07 Å². The van der Waals surface area contributed by atoms with Gasteiger partial charge in [0.15, 0.2) is 0 Å². The molecule has 0 aliphatic rings. The first-order chi connectivity index (χ1) is 9.55. The van der Waals surface area contributed by atoms with Crippen molar-refractivity contribution in [1.82, 2.24) is 14.3 Å². The Morgan fingerprint density at radius 3 is 2.60 bits per heavy atom. The number of nitrogens with one attached hydrogen (secondary N) is 1. The topological polar surface area (TPSA) is 75.2 Å². The number of rotatable bonds is 5. The number of hydrogen-bond donors (Lipinski definition) is 1. The van der Waals surface area contributed by atoms with Crippen molar-refractivity contribution < 1.29 is 8.42 Å². The lowest BCUT2D eigenvalue weighted by molar-refractivity contribution is 0.466. The molecule has 0 saturated carbocycles. The van der Waals surface area contributed by atoms with Crippen molar-refractivity contribution in [1.29, 1.82) is 0 Å². The zero-order valence-corrected chi connectivity index (χ0v) is 12.1. The van der Waals surface area contributed by atoms with E-state index in [1.54, 1.807) is 37.8 Å². The Labute approximate surface area is 118 Å². The van der Waals surface area contributed by atoms with Gasteiger partial charge in [-0.2, -0.15) is 4.31 Å². The maximum absolute atomic E-state index is 12.5. The molecule has 0 saturated heterocycles. The predicted octanol–water partition coefficient (Wildman–Crippen LogP) is 1.34. The number of hydrogen-bond acceptors (Lipinski definition) is 5. The van der Waals surface area contributed by atoms with Gasteiger partial charge in [-0.05, 0) is 17.7 Å². The normalized spacial score (nSPS) is 11.6. The highest BCUT2D eigenvalue weighted by Crippen LogP contribution is 2.23. The van der Waals surface area contributed by atoms with Gasteiger partial charge in [-0.25, -0.2) is 8.42 Å². The molecule has 0 atom stereocenters. The van der Waals surface area contributed by atoms with Gasteiger partial charge in [-0.15, -0.1) is 0 Å². The molecule has 0 spiro atoms. The molecule has 7 heteroatoms.